The minimum absolute atomic E-state index is 0.0347. The van der Waals surface area contributed by atoms with Gasteiger partial charge >= 0.3 is 7.48 Å². The van der Waals surface area contributed by atoms with Crippen molar-refractivity contribution >= 4 is 25.6 Å². The summed E-state index contributed by atoms with van der Waals surface area (Å²) in [5, 5.41) is 2.93. The van der Waals surface area contributed by atoms with Gasteiger partial charge in [0.05, 0.1) is 12.8 Å². The fraction of sp³-hybridized carbons (Fsp3) is 0.864. The second-order valence-corrected chi connectivity index (χ2v) is 9.77. The molecule has 3 N–H and O–H groups in total. The summed E-state index contributed by atoms with van der Waals surface area (Å²) in [7, 11) is 1.56. The van der Waals surface area contributed by atoms with Crippen LogP contribution < -0.4 is 11.1 Å². The summed E-state index contributed by atoms with van der Waals surface area (Å²) in [6.07, 6.45) is 9.70. The van der Waals surface area contributed by atoms with Crippen molar-refractivity contribution in [1.29, 1.82) is 0 Å². The van der Waals surface area contributed by atoms with Gasteiger partial charge in [0.15, 0.2) is 0 Å². The van der Waals surface area contributed by atoms with Crippen LogP contribution in [-0.4, -0.2) is 55.8 Å². The summed E-state index contributed by atoms with van der Waals surface area (Å²) in [6.45, 7) is 4.95. The Labute approximate surface area is 181 Å². The third-order valence-corrected chi connectivity index (χ3v) is 7.46. The van der Waals surface area contributed by atoms with Gasteiger partial charge in [-0.1, -0.05) is 58.8 Å². The van der Waals surface area contributed by atoms with Crippen LogP contribution in [0.3, 0.4) is 0 Å². The number of hydrogen-bond donors (Lipinski definition) is 2. The van der Waals surface area contributed by atoms with E-state index in [1.165, 1.54) is 0 Å². The number of hydrogen-bond acceptors (Lipinski definition) is 5. The molecule has 7 nitrogen and oxygen atoms in total. The average Bonchev–Trinajstić information content (AvgIpc) is 3.05. The first-order chi connectivity index (χ1) is 14.4. The molecule has 2 aliphatic heterocycles. The van der Waals surface area contributed by atoms with Gasteiger partial charge in [0.25, 0.3) is 0 Å². The van der Waals surface area contributed by atoms with E-state index in [4.69, 9.17) is 10.4 Å². The van der Waals surface area contributed by atoms with Gasteiger partial charge < -0.3 is 25.4 Å². The minimum atomic E-state index is -0.512. The van der Waals surface area contributed by atoms with Crippen molar-refractivity contribution in [3.05, 3.63) is 0 Å². The highest BCUT2D eigenvalue weighted by Gasteiger charge is 2.69. The molecule has 3 fully saturated rings. The quantitative estimate of drug-likeness (QED) is 0.413. The number of aldehydes is 1. The fourth-order valence-electron chi connectivity index (χ4n) is 5.50. The summed E-state index contributed by atoms with van der Waals surface area (Å²) in [5.74, 6) is -0.168. The molecule has 0 unspecified atom stereocenters. The van der Waals surface area contributed by atoms with Crippen LogP contribution >= 0.6 is 0 Å². The van der Waals surface area contributed by atoms with Gasteiger partial charge in [0.2, 0.25) is 11.8 Å². The highest BCUT2D eigenvalue weighted by atomic mass is 16.4. The van der Waals surface area contributed by atoms with Crippen molar-refractivity contribution in [3.63, 3.8) is 0 Å². The zero-order chi connectivity index (χ0) is 21.7. The lowest BCUT2D eigenvalue weighted by atomic mass is 9.75. The topological polar surface area (TPSA) is 102 Å². The van der Waals surface area contributed by atoms with Crippen LogP contribution in [0.1, 0.15) is 71.6 Å². The molecule has 1 radical (unpaired) electrons. The summed E-state index contributed by atoms with van der Waals surface area (Å²) in [6, 6.07) is -0.993. The van der Waals surface area contributed by atoms with Crippen LogP contribution in [0.5, 0.6) is 0 Å². The zero-order valence-electron chi connectivity index (χ0n) is 18.5. The molecular weight excluding hydrogens is 381 g/mol. The largest absolute Gasteiger partial charge is 0.428 e. The third kappa shape index (κ3) is 5.07. The van der Waals surface area contributed by atoms with Crippen molar-refractivity contribution < 1.29 is 19.0 Å². The molecule has 2 saturated heterocycles. The Morgan fingerprint density at radius 2 is 1.77 bits per heavy atom. The van der Waals surface area contributed by atoms with E-state index in [1.54, 1.807) is 12.4 Å². The summed E-state index contributed by atoms with van der Waals surface area (Å²) in [5.41, 5.74) is 5.53. The molecule has 8 heteroatoms. The van der Waals surface area contributed by atoms with Gasteiger partial charge in [0.1, 0.15) is 12.3 Å². The highest BCUT2D eigenvalue weighted by Crippen LogP contribution is 2.65. The lowest BCUT2D eigenvalue weighted by Crippen LogP contribution is -2.53. The molecule has 0 aromatic rings. The standard InChI is InChI=1S/C22H37BN3O4/c1-22(2)16-12-26-19(18(16)22)20(28)25-15(13-27)10-8-6-4-3-5-7-9-11-17(21(26)29)23-30-14-24/h13,15-19H,3-12,14,24H2,1-2H3,(H,25,28)/t15-,16-,17-,18-,19-/m0/s1. The molecule has 0 bridgehead atoms. The van der Waals surface area contributed by atoms with Gasteiger partial charge in [0, 0.05) is 12.4 Å². The summed E-state index contributed by atoms with van der Waals surface area (Å²) >= 11 is 0. The van der Waals surface area contributed by atoms with Crippen molar-refractivity contribution in [2.24, 2.45) is 23.0 Å². The first-order valence-corrected chi connectivity index (χ1v) is 11.6. The Hall–Kier alpha value is -1.41. The lowest BCUT2D eigenvalue weighted by Gasteiger charge is -2.33. The number of rotatable bonds is 4. The Bertz CT molecular complexity index is 630. The maximum absolute atomic E-state index is 13.4. The number of carbonyl (C=O) groups is 3. The Morgan fingerprint density at radius 1 is 1.13 bits per heavy atom. The van der Waals surface area contributed by atoms with Gasteiger partial charge in [-0.25, -0.2) is 0 Å². The summed E-state index contributed by atoms with van der Waals surface area (Å²) in [4.78, 5) is 40.0. The van der Waals surface area contributed by atoms with Crippen LogP contribution in [0.2, 0.25) is 5.82 Å². The van der Waals surface area contributed by atoms with Crippen LogP contribution in [0.4, 0.5) is 0 Å². The maximum atomic E-state index is 13.4. The molecule has 30 heavy (non-hydrogen) atoms. The Morgan fingerprint density at radius 3 is 2.40 bits per heavy atom. The molecule has 0 aromatic heterocycles. The molecule has 5 atom stereocenters. The van der Waals surface area contributed by atoms with Gasteiger partial charge in [-0.05, 0) is 30.1 Å². The van der Waals surface area contributed by atoms with E-state index in [2.05, 4.69) is 19.2 Å². The molecule has 1 aliphatic carbocycles. The molecule has 3 aliphatic rings. The molecule has 1 saturated carbocycles. The smallest absolute Gasteiger partial charge is 0.307 e. The number of nitrogens with two attached hydrogens (primary N) is 1. The van der Waals surface area contributed by atoms with Crippen molar-refractivity contribution in [2.75, 3.05) is 13.3 Å². The normalized spacial score (nSPS) is 35.2. The third-order valence-electron chi connectivity index (χ3n) is 7.46. The first kappa shape index (κ1) is 23.3. The van der Waals surface area contributed by atoms with E-state index in [-0.39, 0.29) is 35.7 Å². The van der Waals surface area contributed by atoms with E-state index in [0.717, 1.165) is 51.2 Å². The predicted octanol–water partition coefficient (Wildman–Crippen LogP) is 2.02. The highest BCUT2D eigenvalue weighted by molar-refractivity contribution is 6.37. The number of fused-ring (bicyclic) bond motifs is 3. The number of nitrogens with zero attached hydrogens (tertiary/aromatic N) is 1. The summed E-state index contributed by atoms with van der Waals surface area (Å²) < 4.78 is 5.30. The Kier molecular flexibility index (Phi) is 7.96. The number of piperidine rings is 1. The van der Waals surface area contributed by atoms with Gasteiger partial charge in [-0.2, -0.15) is 0 Å². The van der Waals surface area contributed by atoms with Crippen molar-refractivity contribution in [1.82, 2.24) is 10.2 Å². The monoisotopic (exact) mass is 418 g/mol. The maximum Gasteiger partial charge on any atom is 0.307 e. The van der Waals surface area contributed by atoms with E-state index in [1.807, 2.05) is 0 Å². The number of carbonyl (C=O) groups excluding carboxylic acids is 3. The molecule has 3 rings (SSSR count). The van der Waals surface area contributed by atoms with Gasteiger partial charge in [-0.15, -0.1) is 0 Å². The fourth-order valence-corrected chi connectivity index (χ4v) is 5.50. The van der Waals surface area contributed by atoms with Crippen LogP contribution in [0, 0.1) is 17.3 Å². The van der Waals surface area contributed by atoms with Crippen LogP contribution in [0.15, 0.2) is 0 Å². The minimum Gasteiger partial charge on any atom is -0.428 e. The SMILES string of the molecule is CC1(C)[C@@H]2[C@H]3C(=O)N[C@H](C=O)CCCCCCCCC[C@H]([B]OCN)C(=O)N3C[C@@H]21. The number of nitrogens with one attached hydrogen (secondary N) is 1. The Balaban J connectivity index is 1.79. The second-order valence-electron chi connectivity index (χ2n) is 9.77. The van der Waals surface area contributed by atoms with Crippen LogP contribution in [0.25, 0.3) is 0 Å². The molecular formula is C22H37BN3O4. The first-order valence-electron chi connectivity index (χ1n) is 11.6. The second kappa shape index (κ2) is 10.3. The lowest BCUT2D eigenvalue weighted by molar-refractivity contribution is -0.141. The zero-order valence-corrected chi connectivity index (χ0v) is 18.5. The van der Waals surface area contributed by atoms with Crippen molar-refractivity contribution in [2.45, 2.75) is 89.5 Å². The van der Waals surface area contributed by atoms with E-state index >= 15 is 0 Å². The molecule has 0 aromatic carbocycles. The van der Waals surface area contributed by atoms with Gasteiger partial charge in [-0.3, -0.25) is 9.59 Å². The number of amides is 2. The van der Waals surface area contributed by atoms with Crippen LogP contribution in [-0.2, 0) is 19.0 Å². The van der Waals surface area contributed by atoms with E-state index in [9.17, 15) is 14.4 Å². The van der Waals surface area contributed by atoms with E-state index < -0.39 is 12.1 Å². The average molecular weight is 418 g/mol. The molecule has 167 valence electrons. The molecule has 2 amide bonds. The van der Waals surface area contributed by atoms with E-state index in [0.29, 0.717) is 25.3 Å². The predicted molar refractivity (Wildman–Crippen MR) is 115 cm³/mol. The molecule has 0 spiro atoms. The molecule has 2 heterocycles. The van der Waals surface area contributed by atoms with Crippen molar-refractivity contribution in [3.8, 4) is 0 Å².